The normalized spacial score (nSPS) is 25.3. The lowest BCUT2D eigenvalue weighted by atomic mass is 10.2. The van der Waals surface area contributed by atoms with Gasteiger partial charge in [-0.3, -0.25) is 4.90 Å². The summed E-state index contributed by atoms with van der Waals surface area (Å²) in [6.07, 6.45) is 1.34. The van der Waals surface area contributed by atoms with E-state index < -0.39 is 10.0 Å². The van der Waals surface area contributed by atoms with Crippen LogP contribution in [0.2, 0.25) is 0 Å². The van der Waals surface area contributed by atoms with Crippen molar-refractivity contribution in [2.45, 2.75) is 43.5 Å². The largest absolute Gasteiger partial charge is 0.470 e. The summed E-state index contributed by atoms with van der Waals surface area (Å²) in [5.74, 6) is 0.215. The topological polar surface area (TPSA) is 62.7 Å². The van der Waals surface area contributed by atoms with E-state index in [1.165, 1.54) is 5.56 Å². The summed E-state index contributed by atoms with van der Waals surface area (Å²) in [5, 5.41) is 0. The Morgan fingerprint density at radius 3 is 2.65 bits per heavy atom. The van der Waals surface area contributed by atoms with Crippen molar-refractivity contribution in [1.82, 2.24) is 14.2 Å². The van der Waals surface area contributed by atoms with Crippen molar-refractivity contribution in [2.75, 3.05) is 13.1 Å². The molecule has 1 fully saturated rings. The number of rotatable bonds is 3. The summed E-state index contributed by atoms with van der Waals surface area (Å²) in [7, 11) is -3.65. The molecule has 0 saturated carbocycles. The zero-order valence-electron chi connectivity index (χ0n) is 14.9. The van der Waals surface area contributed by atoms with Crippen molar-refractivity contribution >= 4 is 10.0 Å². The van der Waals surface area contributed by atoms with E-state index in [1.54, 1.807) is 22.6 Å². The van der Waals surface area contributed by atoms with Gasteiger partial charge in [0.1, 0.15) is 11.0 Å². The van der Waals surface area contributed by atoms with Gasteiger partial charge in [0.2, 0.25) is 15.9 Å². The van der Waals surface area contributed by atoms with Gasteiger partial charge in [0, 0.05) is 31.9 Å². The number of aromatic nitrogens is 1. The number of sulfonamides is 1. The maximum absolute atomic E-state index is 13.3. The van der Waals surface area contributed by atoms with E-state index in [4.69, 9.17) is 4.74 Å². The molecule has 0 radical (unpaired) electrons. The number of likely N-dealkylation sites (tertiary alicyclic amines) is 1. The predicted octanol–water partition coefficient (Wildman–Crippen LogP) is 2.13. The highest BCUT2D eigenvalue weighted by Gasteiger charge is 2.48. The Bertz CT molecular complexity index is 886. The van der Waals surface area contributed by atoms with Crippen LogP contribution in [0, 0.1) is 0 Å². The minimum absolute atomic E-state index is 0.154. The van der Waals surface area contributed by atoms with Gasteiger partial charge in [-0.15, -0.1) is 0 Å². The Morgan fingerprint density at radius 1 is 1.15 bits per heavy atom. The van der Waals surface area contributed by atoms with Gasteiger partial charge in [-0.2, -0.15) is 4.31 Å². The summed E-state index contributed by atoms with van der Waals surface area (Å²) in [4.78, 5) is 6.61. The van der Waals surface area contributed by atoms with Crippen molar-refractivity contribution in [3.8, 4) is 5.88 Å². The number of hydrogen-bond donors (Lipinski definition) is 0. The van der Waals surface area contributed by atoms with Crippen LogP contribution in [0.25, 0.3) is 0 Å². The smallest absolute Gasteiger partial charge is 0.249 e. The van der Waals surface area contributed by atoms with Gasteiger partial charge < -0.3 is 4.74 Å². The van der Waals surface area contributed by atoms with Crippen LogP contribution in [-0.2, 0) is 16.6 Å². The Labute approximate surface area is 154 Å². The van der Waals surface area contributed by atoms with E-state index in [2.05, 4.69) is 22.0 Å². The van der Waals surface area contributed by atoms with Gasteiger partial charge in [0.15, 0.2) is 0 Å². The van der Waals surface area contributed by atoms with E-state index in [1.807, 2.05) is 32.0 Å². The van der Waals surface area contributed by atoms with Crippen LogP contribution in [-0.4, -0.2) is 53.9 Å². The van der Waals surface area contributed by atoms with Crippen molar-refractivity contribution in [3.63, 3.8) is 0 Å². The SMILES string of the molecule is CC(C)N1[C@@H]2CN(Cc3ccccc3)C[C@H]2Oc2ncccc2S1(=O)=O. The highest BCUT2D eigenvalue weighted by molar-refractivity contribution is 7.89. The van der Waals surface area contributed by atoms with E-state index in [9.17, 15) is 8.42 Å². The molecule has 4 rings (SSSR count). The predicted molar refractivity (Wildman–Crippen MR) is 98.3 cm³/mol. The fourth-order valence-corrected chi connectivity index (χ4v) is 5.83. The third-order valence-electron chi connectivity index (χ3n) is 4.95. The Morgan fingerprint density at radius 2 is 1.92 bits per heavy atom. The molecule has 0 bridgehead atoms. The number of hydrogen-bond acceptors (Lipinski definition) is 5. The zero-order valence-corrected chi connectivity index (χ0v) is 15.8. The molecule has 6 nitrogen and oxygen atoms in total. The highest BCUT2D eigenvalue weighted by Crippen LogP contribution is 2.36. The second kappa shape index (κ2) is 6.64. The van der Waals surface area contributed by atoms with E-state index in [-0.39, 0.29) is 29.0 Å². The molecular formula is C19H23N3O3S. The van der Waals surface area contributed by atoms with Gasteiger partial charge in [0.05, 0.1) is 6.04 Å². The fourth-order valence-electron chi connectivity index (χ4n) is 3.92. The van der Waals surface area contributed by atoms with Crippen molar-refractivity contribution < 1.29 is 13.2 Å². The molecule has 138 valence electrons. The first-order valence-electron chi connectivity index (χ1n) is 8.88. The van der Waals surface area contributed by atoms with Gasteiger partial charge in [0.25, 0.3) is 0 Å². The molecule has 1 aromatic heterocycles. The molecule has 2 aliphatic rings. The summed E-state index contributed by atoms with van der Waals surface area (Å²) in [6, 6.07) is 13.0. The molecule has 2 atom stereocenters. The lowest BCUT2D eigenvalue weighted by Crippen LogP contribution is -2.50. The standard InChI is InChI=1S/C19H23N3O3S/c1-14(2)22-16-12-21(11-15-7-4-3-5-8-15)13-17(16)25-19-18(26(22,23)24)9-6-10-20-19/h3-10,14,16-17H,11-13H2,1-2H3/t16-,17-/m1/s1. The molecule has 2 aromatic rings. The molecule has 0 aliphatic carbocycles. The molecule has 1 saturated heterocycles. The summed E-state index contributed by atoms with van der Waals surface area (Å²) in [6.45, 7) is 5.92. The first-order chi connectivity index (χ1) is 12.5. The van der Waals surface area contributed by atoms with Crippen LogP contribution in [0.1, 0.15) is 19.4 Å². The summed E-state index contributed by atoms with van der Waals surface area (Å²) < 4.78 is 34.2. The summed E-state index contributed by atoms with van der Waals surface area (Å²) >= 11 is 0. The molecule has 0 N–H and O–H groups in total. The molecule has 26 heavy (non-hydrogen) atoms. The van der Waals surface area contributed by atoms with Crippen LogP contribution < -0.4 is 4.74 Å². The summed E-state index contributed by atoms with van der Waals surface area (Å²) in [5.41, 5.74) is 1.21. The Kier molecular flexibility index (Phi) is 4.46. The molecule has 0 spiro atoms. The zero-order chi connectivity index (χ0) is 18.3. The Hall–Kier alpha value is -1.96. The second-order valence-electron chi connectivity index (χ2n) is 7.14. The second-order valence-corrected chi connectivity index (χ2v) is 8.95. The average molecular weight is 373 g/mol. The van der Waals surface area contributed by atoms with Crippen LogP contribution in [0.15, 0.2) is 53.6 Å². The van der Waals surface area contributed by atoms with Gasteiger partial charge in [-0.1, -0.05) is 30.3 Å². The number of benzene rings is 1. The molecule has 7 heteroatoms. The first-order valence-corrected chi connectivity index (χ1v) is 10.3. The van der Waals surface area contributed by atoms with E-state index in [0.717, 1.165) is 6.54 Å². The molecule has 2 aliphatic heterocycles. The highest BCUT2D eigenvalue weighted by atomic mass is 32.2. The van der Waals surface area contributed by atoms with Gasteiger partial charge >= 0.3 is 0 Å². The quantitative estimate of drug-likeness (QED) is 0.825. The van der Waals surface area contributed by atoms with E-state index in [0.29, 0.717) is 13.1 Å². The van der Waals surface area contributed by atoms with Crippen LogP contribution in [0.4, 0.5) is 0 Å². The molecule has 0 unspecified atom stereocenters. The third kappa shape index (κ3) is 3.00. The van der Waals surface area contributed by atoms with Crippen LogP contribution in [0.5, 0.6) is 5.88 Å². The lowest BCUT2D eigenvalue weighted by molar-refractivity contribution is 0.135. The maximum Gasteiger partial charge on any atom is 0.249 e. The lowest BCUT2D eigenvalue weighted by Gasteiger charge is -2.31. The number of nitrogens with zero attached hydrogens (tertiary/aromatic N) is 3. The fraction of sp³-hybridized carbons (Fsp3) is 0.421. The van der Waals surface area contributed by atoms with Crippen molar-refractivity contribution in [3.05, 3.63) is 54.2 Å². The third-order valence-corrected chi connectivity index (χ3v) is 7.07. The first kappa shape index (κ1) is 17.5. The van der Waals surface area contributed by atoms with E-state index >= 15 is 0 Å². The minimum atomic E-state index is -3.65. The van der Waals surface area contributed by atoms with Gasteiger partial charge in [-0.05, 0) is 31.5 Å². The van der Waals surface area contributed by atoms with Gasteiger partial charge in [-0.25, -0.2) is 13.4 Å². The molecule has 3 heterocycles. The number of ether oxygens (including phenoxy) is 1. The average Bonchev–Trinajstić information content (AvgIpc) is 2.93. The number of pyridine rings is 1. The van der Waals surface area contributed by atoms with Crippen molar-refractivity contribution in [2.24, 2.45) is 0 Å². The number of fused-ring (bicyclic) bond motifs is 2. The van der Waals surface area contributed by atoms with Crippen LogP contribution >= 0.6 is 0 Å². The monoisotopic (exact) mass is 373 g/mol. The van der Waals surface area contributed by atoms with Crippen molar-refractivity contribution in [1.29, 1.82) is 0 Å². The molecule has 0 amide bonds. The molecule has 1 aromatic carbocycles. The Balaban J connectivity index is 1.68. The van der Waals surface area contributed by atoms with Crippen LogP contribution in [0.3, 0.4) is 0 Å². The molecular weight excluding hydrogens is 350 g/mol. The maximum atomic E-state index is 13.3. The minimum Gasteiger partial charge on any atom is -0.470 e.